The number of fused-ring (bicyclic) bond motifs is 1. The van der Waals surface area contributed by atoms with Crippen molar-refractivity contribution in [1.29, 1.82) is 0 Å². The van der Waals surface area contributed by atoms with Crippen LogP contribution in [0.1, 0.15) is 28.9 Å². The zero-order chi connectivity index (χ0) is 12.4. The first kappa shape index (κ1) is 11.6. The second-order valence-corrected chi connectivity index (χ2v) is 4.03. The van der Waals surface area contributed by atoms with Crippen LogP contribution in [0, 0.1) is 0 Å². The largest absolute Gasteiger partial charge is 0.465 e. The predicted octanol–water partition coefficient (Wildman–Crippen LogP) is 2.65. The van der Waals surface area contributed by atoms with Crippen LogP contribution in [0.5, 0.6) is 0 Å². The minimum absolute atomic E-state index is 0.0633. The van der Waals surface area contributed by atoms with E-state index in [1.807, 2.05) is 37.3 Å². The van der Waals surface area contributed by atoms with E-state index >= 15 is 0 Å². The molecule has 0 saturated carbocycles. The van der Waals surface area contributed by atoms with E-state index in [9.17, 15) is 4.79 Å². The van der Waals surface area contributed by atoms with Gasteiger partial charge in [0, 0.05) is 6.04 Å². The highest BCUT2D eigenvalue weighted by molar-refractivity contribution is 6.05. The first-order chi connectivity index (χ1) is 8.15. The van der Waals surface area contributed by atoms with E-state index in [4.69, 9.17) is 10.5 Å². The van der Waals surface area contributed by atoms with Crippen LogP contribution in [0.25, 0.3) is 10.8 Å². The number of ether oxygens (including phenoxy) is 1. The Morgan fingerprint density at radius 3 is 2.41 bits per heavy atom. The van der Waals surface area contributed by atoms with Gasteiger partial charge in [0.15, 0.2) is 0 Å². The van der Waals surface area contributed by atoms with E-state index in [2.05, 4.69) is 0 Å². The van der Waals surface area contributed by atoms with Crippen molar-refractivity contribution in [3.63, 3.8) is 0 Å². The number of rotatable bonds is 2. The maximum absolute atomic E-state index is 11.7. The summed E-state index contributed by atoms with van der Waals surface area (Å²) < 4.78 is 4.77. The van der Waals surface area contributed by atoms with Crippen molar-refractivity contribution in [2.24, 2.45) is 5.73 Å². The smallest absolute Gasteiger partial charge is 0.338 e. The van der Waals surface area contributed by atoms with Crippen molar-refractivity contribution in [2.75, 3.05) is 7.11 Å². The Hall–Kier alpha value is -1.87. The maximum atomic E-state index is 11.7. The van der Waals surface area contributed by atoms with Gasteiger partial charge in [-0.1, -0.05) is 30.3 Å². The highest BCUT2D eigenvalue weighted by Crippen LogP contribution is 2.26. The zero-order valence-electron chi connectivity index (χ0n) is 9.94. The van der Waals surface area contributed by atoms with E-state index < -0.39 is 0 Å². The van der Waals surface area contributed by atoms with Crippen molar-refractivity contribution < 1.29 is 9.53 Å². The third kappa shape index (κ3) is 2.01. The third-order valence-electron chi connectivity index (χ3n) is 2.85. The van der Waals surface area contributed by atoms with Gasteiger partial charge in [0.25, 0.3) is 0 Å². The summed E-state index contributed by atoms with van der Waals surface area (Å²) in [6, 6.07) is 11.3. The highest BCUT2D eigenvalue weighted by atomic mass is 16.5. The van der Waals surface area contributed by atoms with Gasteiger partial charge in [-0.25, -0.2) is 4.79 Å². The number of carbonyl (C=O) groups excluding carboxylic acids is 1. The lowest BCUT2D eigenvalue weighted by atomic mass is 9.96. The van der Waals surface area contributed by atoms with E-state index in [-0.39, 0.29) is 12.0 Å². The molecule has 0 spiro atoms. The first-order valence-electron chi connectivity index (χ1n) is 5.50. The lowest BCUT2D eigenvalue weighted by Crippen LogP contribution is -2.08. The third-order valence-corrected chi connectivity index (χ3v) is 2.85. The summed E-state index contributed by atoms with van der Waals surface area (Å²) in [7, 11) is 1.39. The molecule has 0 unspecified atom stereocenters. The van der Waals surface area contributed by atoms with Crippen LogP contribution in [-0.4, -0.2) is 13.1 Å². The second kappa shape index (κ2) is 4.55. The van der Waals surface area contributed by atoms with E-state index in [0.29, 0.717) is 5.56 Å². The summed E-state index contributed by atoms with van der Waals surface area (Å²) in [6.45, 7) is 1.93. The molecule has 3 nitrogen and oxygen atoms in total. The summed E-state index contributed by atoms with van der Waals surface area (Å²) in [5, 5.41) is 1.89. The number of hydrogen-bond donors (Lipinski definition) is 1. The molecule has 2 rings (SSSR count). The predicted molar refractivity (Wildman–Crippen MR) is 67.9 cm³/mol. The van der Waals surface area contributed by atoms with Gasteiger partial charge in [-0.15, -0.1) is 0 Å². The normalized spacial score (nSPS) is 12.4. The van der Waals surface area contributed by atoms with Crippen LogP contribution in [0.3, 0.4) is 0 Å². The van der Waals surface area contributed by atoms with Crippen molar-refractivity contribution in [1.82, 2.24) is 0 Å². The molecule has 17 heavy (non-hydrogen) atoms. The quantitative estimate of drug-likeness (QED) is 0.805. The molecule has 0 amide bonds. The Morgan fingerprint density at radius 2 is 1.82 bits per heavy atom. The molecule has 0 aliphatic carbocycles. The van der Waals surface area contributed by atoms with Gasteiger partial charge < -0.3 is 10.5 Å². The van der Waals surface area contributed by atoms with Gasteiger partial charge in [0.05, 0.1) is 12.7 Å². The van der Waals surface area contributed by atoms with Crippen molar-refractivity contribution in [3.05, 3.63) is 47.5 Å². The maximum Gasteiger partial charge on any atom is 0.338 e. The number of methoxy groups -OCH3 is 1. The summed E-state index contributed by atoms with van der Waals surface area (Å²) in [5.74, 6) is -0.322. The number of nitrogens with two attached hydrogens (primary N) is 1. The molecule has 2 aromatic rings. The first-order valence-corrected chi connectivity index (χ1v) is 5.50. The molecular weight excluding hydrogens is 214 g/mol. The Kier molecular flexibility index (Phi) is 3.11. The molecular formula is C14H15NO2. The number of benzene rings is 2. The topological polar surface area (TPSA) is 52.3 Å². The lowest BCUT2D eigenvalue weighted by molar-refractivity contribution is 0.0603. The number of esters is 1. The van der Waals surface area contributed by atoms with Crippen molar-refractivity contribution >= 4 is 16.7 Å². The molecule has 1 atom stereocenters. The summed E-state index contributed by atoms with van der Waals surface area (Å²) in [6.07, 6.45) is 0. The summed E-state index contributed by atoms with van der Waals surface area (Å²) in [5.41, 5.74) is 7.53. The van der Waals surface area contributed by atoms with Crippen LogP contribution < -0.4 is 5.73 Å². The second-order valence-electron chi connectivity index (χ2n) is 4.03. The minimum Gasteiger partial charge on any atom is -0.465 e. The lowest BCUT2D eigenvalue weighted by Gasteiger charge is -2.12. The average molecular weight is 229 g/mol. The molecule has 0 saturated heterocycles. The molecule has 2 N–H and O–H groups in total. The van der Waals surface area contributed by atoms with Crippen LogP contribution in [0.15, 0.2) is 36.4 Å². The molecule has 0 aliphatic heterocycles. The fraction of sp³-hybridized carbons (Fsp3) is 0.214. The van der Waals surface area contributed by atoms with Crippen molar-refractivity contribution in [2.45, 2.75) is 13.0 Å². The molecule has 0 aliphatic rings. The fourth-order valence-electron chi connectivity index (χ4n) is 2.01. The van der Waals surface area contributed by atoms with E-state index in [1.54, 1.807) is 6.07 Å². The molecule has 0 aromatic heterocycles. The van der Waals surface area contributed by atoms with Crippen LogP contribution >= 0.6 is 0 Å². The molecule has 0 fully saturated rings. The van der Waals surface area contributed by atoms with Crippen molar-refractivity contribution in [3.8, 4) is 0 Å². The Balaban J connectivity index is 2.75. The van der Waals surface area contributed by atoms with Crippen LogP contribution in [0.4, 0.5) is 0 Å². The Morgan fingerprint density at radius 1 is 1.18 bits per heavy atom. The van der Waals surface area contributed by atoms with Gasteiger partial charge in [-0.3, -0.25) is 0 Å². The highest BCUT2D eigenvalue weighted by Gasteiger charge is 2.13. The summed E-state index contributed by atoms with van der Waals surface area (Å²) >= 11 is 0. The molecule has 3 heteroatoms. The molecule has 2 aromatic carbocycles. The molecule has 0 heterocycles. The monoisotopic (exact) mass is 229 g/mol. The average Bonchev–Trinajstić information content (AvgIpc) is 2.36. The van der Waals surface area contributed by atoms with E-state index in [0.717, 1.165) is 16.3 Å². The van der Waals surface area contributed by atoms with Gasteiger partial charge in [-0.05, 0) is 29.3 Å². The molecule has 0 radical (unpaired) electrons. The number of carbonyl (C=O) groups is 1. The van der Waals surface area contributed by atoms with Crippen LogP contribution in [-0.2, 0) is 4.74 Å². The van der Waals surface area contributed by atoms with Gasteiger partial charge >= 0.3 is 5.97 Å². The Labute approximate surface area is 100 Å². The molecule has 0 bridgehead atoms. The van der Waals surface area contributed by atoms with Gasteiger partial charge in [0.1, 0.15) is 0 Å². The zero-order valence-corrected chi connectivity index (χ0v) is 9.94. The SMILES string of the molecule is COC(=O)c1ccc([C@@H](C)N)c2ccccc12. The standard InChI is InChI=1S/C14H15NO2/c1-9(15)10-7-8-13(14(16)17-2)12-6-4-3-5-11(10)12/h3-9H,15H2,1-2H3/t9-/m1/s1. The van der Waals surface area contributed by atoms with Crippen LogP contribution in [0.2, 0.25) is 0 Å². The Bertz CT molecular complexity index is 561. The minimum atomic E-state index is -0.322. The van der Waals surface area contributed by atoms with E-state index in [1.165, 1.54) is 7.11 Å². The van der Waals surface area contributed by atoms with Gasteiger partial charge in [0.2, 0.25) is 0 Å². The number of hydrogen-bond acceptors (Lipinski definition) is 3. The van der Waals surface area contributed by atoms with Gasteiger partial charge in [-0.2, -0.15) is 0 Å². The molecule has 88 valence electrons. The summed E-state index contributed by atoms with van der Waals surface area (Å²) in [4.78, 5) is 11.7. The fourth-order valence-corrected chi connectivity index (χ4v) is 2.01.